The lowest BCUT2D eigenvalue weighted by Gasteiger charge is -2.28. The molecule has 0 atom stereocenters. The normalized spacial score (nSPS) is 10.7. The van der Waals surface area contributed by atoms with Gasteiger partial charge in [0, 0.05) is 6.20 Å². The van der Waals surface area contributed by atoms with Crippen LogP contribution in [-0.4, -0.2) is 49.5 Å². The highest BCUT2D eigenvalue weighted by molar-refractivity contribution is 7.88. The Labute approximate surface area is 167 Å². The van der Waals surface area contributed by atoms with Crippen LogP contribution >= 0.6 is 0 Å². The van der Waals surface area contributed by atoms with E-state index in [9.17, 15) is 18.0 Å². The molecular weight excluding hydrogens is 384 g/mol. The minimum Gasteiger partial charge on any atom is -0.444 e. The molecule has 0 saturated heterocycles. The van der Waals surface area contributed by atoms with Crippen LogP contribution < -0.4 is 0 Å². The van der Waals surface area contributed by atoms with E-state index in [2.05, 4.69) is 19.7 Å². The van der Waals surface area contributed by atoms with Crippen molar-refractivity contribution in [2.45, 2.75) is 26.7 Å². The van der Waals surface area contributed by atoms with Crippen LogP contribution in [0.5, 0.6) is 0 Å². The fraction of sp³-hybridized carbons (Fsp3) is 0.368. The molecule has 0 aliphatic heterocycles. The minimum absolute atomic E-state index is 0.221. The highest BCUT2D eigenvalue weighted by atomic mass is 32.2. The Morgan fingerprint density at radius 2 is 1.54 bits per heavy atom. The number of nitrogens with zero attached hydrogens (tertiary/aromatic N) is 2. The topological polar surface area (TPSA) is 93.2 Å². The van der Waals surface area contributed by atoms with Gasteiger partial charge in [-0.1, -0.05) is 49.1 Å². The second-order valence-corrected chi connectivity index (χ2v) is 7.71. The number of amides is 2. The number of imide groups is 1. The molecule has 0 unspecified atom stereocenters. The van der Waals surface area contributed by atoms with Crippen molar-refractivity contribution in [2.24, 2.45) is 0 Å². The number of carbonyl (C=O) groups is 2. The lowest BCUT2D eigenvalue weighted by Crippen LogP contribution is -2.50. The first-order chi connectivity index (χ1) is 13.0. The van der Waals surface area contributed by atoms with Crippen LogP contribution in [0.3, 0.4) is 0 Å². The second-order valence-electron chi connectivity index (χ2n) is 5.87. The molecule has 0 N–H and O–H groups in total. The standard InChI is InChI=1S/C19H28N2O6S/c1-7-14-26-18(22)21(19(23)27-15-8-2)20(28(6,24)25)13-12-17(5)11-9-10-16(3)4/h7-8,10,12-13H,1-2,5,9,11,14-15H2,3-4,6H3/b13-12+. The third kappa shape index (κ3) is 9.77. The molecule has 0 fully saturated rings. The van der Waals surface area contributed by atoms with E-state index in [1.165, 1.54) is 18.2 Å². The average Bonchev–Trinajstić information content (AvgIpc) is 2.59. The first-order valence-corrected chi connectivity index (χ1v) is 10.2. The number of allylic oxidation sites excluding steroid dienone is 4. The number of rotatable bonds is 11. The molecule has 0 aliphatic carbocycles. The molecule has 28 heavy (non-hydrogen) atoms. The van der Waals surface area contributed by atoms with E-state index in [1.807, 2.05) is 19.9 Å². The summed E-state index contributed by atoms with van der Waals surface area (Å²) in [7, 11) is -4.07. The maximum Gasteiger partial charge on any atom is 0.440 e. The zero-order valence-corrected chi connectivity index (χ0v) is 17.4. The molecule has 0 aromatic heterocycles. The van der Waals surface area contributed by atoms with Gasteiger partial charge in [0.2, 0.25) is 10.0 Å². The fourth-order valence-corrected chi connectivity index (χ4v) is 2.45. The summed E-state index contributed by atoms with van der Waals surface area (Å²) in [5.74, 6) is 0. The Bertz CT molecular complexity index is 724. The van der Waals surface area contributed by atoms with E-state index in [-0.39, 0.29) is 18.2 Å². The van der Waals surface area contributed by atoms with Crippen molar-refractivity contribution in [1.82, 2.24) is 9.42 Å². The van der Waals surface area contributed by atoms with Crippen LogP contribution in [0.25, 0.3) is 0 Å². The zero-order chi connectivity index (χ0) is 21.7. The van der Waals surface area contributed by atoms with Gasteiger partial charge in [0.1, 0.15) is 13.2 Å². The summed E-state index contributed by atoms with van der Waals surface area (Å²) in [6, 6.07) is 0. The fourth-order valence-electron chi connectivity index (χ4n) is 1.74. The monoisotopic (exact) mass is 412 g/mol. The van der Waals surface area contributed by atoms with E-state index in [4.69, 9.17) is 9.47 Å². The van der Waals surface area contributed by atoms with E-state index in [0.717, 1.165) is 24.4 Å². The Balaban J connectivity index is 5.68. The van der Waals surface area contributed by atoms with Gasteiger partial charge in [-0.05, 0) is 32.8 Å². The summed E-state index contributed by atoms with van der Waals surface area (Å²) >= 11 is 0. The van der Waals surface area contributed by atoms with Crippen LogP contribution in [0.1, 0.15) is 26.7 Å². The van der Waals surface area contributed by atoms with Crippen LogP contribution in [-0.2, 0) is 19.5 Å². The molecule has 156 valence electrons. The van der Waals surface area contributed by atoms with Gasteiger partial charge in [-0.2, -0.15) is 4.41 Å². The van der Waals surface area contributed by atoms with Gasteiger partial charge < -0.3 is 9.47 Å². The molecular formula is C19H28N2O6S. The van der Waals surface area contributed by atoms with Crippen molar-refractivity contribution in [1.29, 1.82) is 0 Å². The Morgan fingerprint density at radius 3 is 1.93 bits per heavy atom. The van der Waals surface area contributed by atoms with E-state index in [0.29, 0.717) is 16.4 Å². The molecule has 0 spiro atoms. The quantitative estimate of drug-likeness (QED) is 0.290. The number of carbonyl (C=O) groups excluding carboxylic acids is 2. The lowest BCUT2D eigenvalue weighted by molar-refractivity contribution is 0.0439. The number of sulfonamides is 1. The Morgan fingerprint density at radius 1 is 1.04 bits per heavy atom. The molecule has 0 aromatic rings. The summed E-state index contributed by atoms with van der Waals surface area (Å²) in [6.07, 6.45) is 6.65. The molecule has 0 aliphatic rings. The van der Waals surface area contributed by atoms with E-state index in [1.54, 1.807) is 0 Å². The zero-order valence-electron chi connectivity index (χ0n) is 16.6. The summed E-state index contributed by atoms with van der Waals surface area (Å²) in [5, 5.41) is 0.238. The van der Waals surface area contributed by atoms with E-state index < -0.39 is 22.2 Å². The number of hydrazine groups is 1. The van der Waals surface area contributed by atoms with Crippen LogP contribution in [0, 0.1) is 0 Å². The van der Waals surface area contributed by atoms with Crippen LogP contribution in [0.15, 0.2) is 61.4 Å². The summed E-state index contributed by atoms with van der Waals surface area (Å²) in [4.78, 5) is 24.5. The summed E-state index contributed by atoms with van der Waals surface area (Å²) in [5.41, 5.74) is 1.75. The van der Waals surface area contributed by atoms with Crippen LogP contribution in [0.2, 0.25) is 0 Å². The molecule has 0 rings (SSSR count). The lowest BCUT2D eigenvalue weighted by atomic mass is 10.1. The molecule has 0 radical (unpaired) electrons. The van der Waals surface area contributed by atoms with Crippen LogP contribution in [0.4, 0.5) is 9.59 Å². The highest BCUT2D eigenvalue weighted by Crippen LogP contribution is 2.14. The van der Waals surface area contributed by atoms with Crippen molar-refractivity contribution >= 4 is 22.2 Å². The van der Waals surface area contributed by atoms with Crippen molar-refractivity contribution in [3.63, 3.8) is 0 Å². The largest absolute Gasteiger partial charge is 0.444 e. The number of hydrogen-bond acceptors (Lipinski definition) is 6. The van der Waals surface area contributed by atoms with Gasteiger partial charge in [-0.25, -0.2) is 18.0 Å². The molecule has 8 nitrogen and oxygen atoms in total. The molecule has 0 saturated carbocycles. The highest BCUT2D eigenvalue weighted by Gasteiger charge is 2.34. The maximum absolute atomic E-state index is 12.2. The molecule has 9 heteroatoms. The molecule has 2 amide bonds. The van der Waals surface area contributed by atoms with Crippen molar-refractivity contribution in [2.75, 3.05) is 19.5 Å². The number of ether oxygens (including phenoxy) is 2. The summed E-state index contributed by atoms with van der Waals surface area (Å²) < 4.78 is 34.4. The predicted octanol–water partition coefficient (Wildman–Crippen LogP) is 3.93. The van der Waals surface area contributed by atoms with Crippen molar-refractivity contribution in [3.8, 4) is 0 Å². The van der Waals surface area contributed by atoms with Gasteiger partial charge in [-0.3, -0.25) is 0 Å². The Kier molecular flexibility index (Phi) is 11.3. The smallest absolute Gasteiger partial charge is 0.440 e. The van der Waals surface area contributed by atoms with Crippen molar-refractivity contribution < 1.29 is 27.5 Å². The third-order valence-corrected chi connectivity index (χ3v) is 3.95. The second kappa shape index (κ2) is 12.6. The first kappa shape index (κ1) is 25.2. The van der Waals surface area contributed by atoms with E-state index >= 15 is 0 Å². The van der Waals surface area contributed by atoms with Gasteiger partial charge in [0.25, 0.3) is 0 Å². The van der Waals surface area contributed by atoms with Gasteiger partial charge >= 0.3 is 12.2 Å². The summed E-state index contributed by atoms with van der Waals surface area (Å²) in [6.45, 7) is 14.1. The Hall–Kier alpha value is -2.81. The van der Waals surface area contributed by atoms with Gasteiger partial charge in [-0.15, -0.1) is 5.01 Å². The van der Waals surface area contributed by atoms with Gasteiger partial charge in [0.15, 0.2) is 0 Å². The van der Waals surface area contributed by atoms with Gasteiger partial charge in [0.05, 0.1) is 6.26 Å². The molecule has 0 heterocycles. The predicted molar refractivity (Wildman–Crippen MR) is 109 cm³/mol. The number of hydrogen-bond donors (Lipinski definition) is 0. The SMILES string of the molecule is C=CCOC(=O)N(C(=O)OCC=C)N(/C=C/C(=C)CCC=C(C)C)S(C)(=O)=O. The molecule has 0 aromatic carbocycles. The average molecular weight is 413 g/mol. The third-order valence-electron chi connectivity index (χ3n) is 2.99. The first-order valence-electron chi connectivity index (χ1n) is 8.38. The molecule has 0 bridgehead atoms. The maximum atomic E-state index is 12.2. The minimum atomic E-state index is -4.07. The van der Waals surface area contributed by atoms with Crippen molar-refractivity contribution in [3.05, 3.63) is 61.4 Å².